The van der Waals surface area contributed by atoms with Crippen molar-refractivity contribution in [2.45, 2.75) is 117 Å². The van der Waals surface area contributed by atoms with Crippen LogP contribution in [0.3, 0.4) is 0 Å². The molecule has 1 saturated heterocycles. The number of fused-ring (bicyclic) bond motifs is 14. The average Bonchev–Trinajstić information content (AvgIpc) is 3.89. The fourth-order valence-corrected chi connectivity index (χ4v) is 9.47. The van der Waals surface area contributed by atoms with Crippen molar-refractivity contribution in [3.8, 4) is 23.0 Å². The van der Waals surface area contributed by atoms with Crippen LogP contribution >= 0.6 is 0 Å². The molecule has 9 atom stereocenters. The molecule has 63 heavy (non-hydrogen) atoms. The minimum atomic E-state index is -2.04. The molecule has 2 aromatic rings. The standard InChI is InChI=1S/C47H64N4O12/c1-24-13-12-14-25(2)46(59)49-37-32(23-48-51-20-18-50(19-21-51)31-15-10-11-16-31)41(56)34-35(42(37)57)40(55)29(6)44-36(34)45(58)47(8,63-44)61-22-17-33(60-9)26(3)43(62-30(7)52)28(5)39(54)27(4)38(24)53/h12-14,17,22-24,26-28,31,33,38-39,43,53-57H,10-11,15-16,18-21H2,1-9H3,(H,49,59)/t24?,26?,27?,28?,33?,38?,39?,43?,47-/m0/s1. The number of ketones is 1. The quantitative estimate of drug-likeness (QED) is 0.0926. The molecule has 0 aromatic heterocycles. The van der Waals surface area contributed by atoms with Crippen LogP contribution in [0, 0.1) is 30.6 Å². The number of hydrogen-bond donors (Lipinski definition) is 6. The Hall–Kier alpha value is -5.16. The van der Waals surface area contributed by atoms with Gasteiger partial charge in [-0.1, -0.05) is 58.8 Å². The smallest absolute Gasteiger partial charge is 0.312 e. The summed E-state index contributed by atoms with van der Waals surface area (Å²) in [5.74, 6) is -8.28. The molecule has 5 bridgehead atoms. The Labute approximate surface area is 368 Å². The lowest BCUT2D eigenvalue weighted by atomic mass is 9.78. The number of anilines is 1. The molecule has 7 rings (SSSR count). The molecule has 1 saturated carbocycles. The van der Waals surface area contributed by atoms with E-state index in [9.17, 15) is 39.9 Å². The third-order valence-corrected chi connectivity index (χ3v) is 13.5. The Morgan fingerprint density at radius 2 is 1.59 bits per heavy atom. The summed E-state index contributed by atoms with van der Waals surface area (Å²) in [6.07, 6.45) is 9.75. The third-order valence-electron chi connectivity index (χ3n) is 13.5. The average molecular weight is 877 g/mol. The molecule has 1 aliphatic carbocycles. The normalized spacial score (nSPS) is 30.5. The molecular formula is C47H64N4O12. The number of phenolic OH excluding ortho intramolecular Hbond substituents is 3. The van der Waals surface area contributed by atoms with Gasteiger partial charge in [-0.05, 0) is 32.8 Å². The van der Waals surface area contributed by atoms with Crippen LogP contribution in [0.2, 0.25) is 0 Å². The Balaban J connectivity index is 1.47. The lowest BCUT2D eigenvalue weighted by molar-refractivity contribution is -0.160. The minimum Gasteiger partial charge on any atom is -0.507 e. The SMILES string of the molecule is COC1C=CO[C@@]2(C)Oc3c(C)c(O)c4c(O)c(c(C=NN5CCN(C6CCCC6)CC5)c(O)c4c3C2=O)NC(=O)C(C)=CC=CC(C)C(O)C(C)C(O)C(C)C(OC(C)=O)C1C. The predicted octanol–water partition coefficient (Wildman–Crippen LogP) is 5.65. The molecule has 5 aliphatic rings. The van der Waals surface area contributed by atoms with Crippen LogP contribution in [0.25, 0.3) is 10.8 Å². The first kappa shape index (κ1) is 47.3. The Morgan fingerprint density at radius 3 is 2.22 bits per heavy atom. The zero-order chi connectivity index (χ0) is 46.1. The van der Waals surface area contributed by atoms with Gasteiger partial charge in [-0.25, -0.2) is 0 Å². The van der Waals surface area contributed by atoms with Gasteiger partial charge < -0.3 is 49.8 Å². The van der Waals surface area contributed by atoms with E-state index in [0.717, 1.165) is 13.1 Å². The van der Waals surface area contributed by atoms with Gasteiger partial charge in [-0.15, -0.1) is 0 Å². The van der Waals surface area contributed by atoms with Gasteiger partial charge >= 0.3 is 11.8 Å². The second kappa shape index (κ2) is 19.3. The number of hydrogen-bond acceptors (Lipinski definition) is 15. The number of benzene rings is 2. The number of nitrogens with one attached hydrogen (secondary N) is 1. The highest BCUT2D eigenvalue weighted by Gasteiger charge is 2.50. The van der Waals surface area contributed by atoms with E-state index in [4.69, 9.17) is 18.9 Å². The highest BCUT2D eigenvalue weighted by molar-refractivity contribution is 6.23. The van der Waals surface area contributed by atoms with E-state index in [0.29, 0.717) is 19.1 Å². The molecule has 1 amide bonds. The lowest BCUT2D eigenvalue weighted by Gasteiger charge is -2.38. The fourth-order valence-electron chi connectivity index (χ4n) is 9.47. The van der Waals surface area contributed by atoms with Crippen molar-refractivity contribution in [2.75, 3.05) is 38.6 Å². The molecule has 2 fully saturated rings. The number of piperazine rings is 1. The van der Waals surface area contributed by atoms with Gasteiger partial charge in [0.1, 0.15) is 23.4 Å². The van der Waals surface area contributed by atoms with Crippen LogP contribution in [-0.2, 0) is 23.8 Å². The number of amides is 1. The number of methoxy groups -OCH3 is 1. The molecule has 344 valence electrons. The van der Waals surface area contributed by atoms with Gasteiger partial charge in [0.25, 0.3) is 11.7 Å². The molecule has 4 heterocycles. The molecular weight excluding hydrogens is 813 g/mol. The van der Waals surface area contributed by atoms with Gasteiger partial charge in [0.15, 0.2) is 5.75 Å². The number of phenols is 3. The molecule has 6 N–H and O–H groups in total. The first-order chi connectivity index (χ1) is 29.8. The summed E-state index contributed by atoms with van der Waals surface area (Å²) in [5.41, 5.74) is -0.293. The van der Waals surface area contributed by atoms with Crippen LogP contribution < -0.4 is 10.1 Å². The molecule has 16 nitrogen and oxygen atoms in total. The van der Waals surface area contributed by atoms with E-state index in [1.165, 1.54) is 85.1 Å². The fraction of sp³-hybridized carbons (Fsp3) is 0.574. The second-order valence-corrected chi connectivity index (χ2v) is 17.8. The number of ether oxygens (including phenoxy) is 4. The summed E-state index contributed by atoms with van der Waals surface area (Å²) in [7, 11) is 1.44. The zero-order valence-corrected chi connectivity index (χ0v) is 37.8. The van der Waals surface area contributed by atoms with Gasteiger partial charge in [0, 0.05) is 93.4 Å². The number of esters is 1. The van der Waals surface area contributed by atoms with Gasteiger partial charge in [-0.3, -0.25) is 24.3 Å². The number of carbonyl (C=O) groups excluding carboxylic acids is 3. The molecule has 2 aromatic carbocycles. The first-order valence-corrected chi connectivity index (χ1v) is 21.9. The van der Waals surface area contributed by atoms with Crippen molar-refractivity contribution in [3.63, 3.8) is 0 Å². The van der Waals surface area contributed by atoms with E-state index >= 15 is 0 Å². The molecule has 4 aliphatic heterocycles. The lowest BCUT2D eigenvalue weighted by Crippen LogP contribution is -2.47. The largest absolute Gasteiger partial charge is 0.507 e. The Bertz CT molecular complexity index is 2190. The molecule has 0 spiro atoms. The minimum absolute atomic E-state index is 0.0631. The van der Waals surface area contributed by atoms with E-state index < -0.39 is 88.8 Å². The topological polar surface area (TPSA) is 220 Å². The van der Waals surface area contributed by atoms with E-state index in [-0.39, 0.29) is 44.5 Å². The summed E-state index contributed by atoms with van der Waals surface area (Å²) in [4.78, 5) is 43.2. The summed E-state index contributed by atoms with van der Waals surface area (Å²) in [5, 5.41) is 67.6. The number of rotatable bonds is 5. The number of Topliss-reactive ketones (excluding diaryl/α,β-unsaturated/α-hetero) is 1. The summed E-state index contributed by atoms with van der Waals surface area (Å²) < 4.78 is 23.7. The van der Waals surface area contributed by atoms with Crippen LogP contribution in [-0.4, -0.2) is 129 Å². The zero-order valence-electron chi connectivity index (χ0n) is 37.8. The molecule has 0 radical (unpaired) electrons. The highest BCUT2D eigenvalue weighted by atomic mass is 16.7. The Morgan fingerprint density at radius 1 is 0.921 bits per heavy atom. The van der Waals surface area contributed by atoms with Crippen molar-refractivity contribution in [3.05, 3.63) is 52.8 Å². The van der Waals surface area contributed by atoms with Gasteiger partial charge in [0.2, 0.25) is 0 Å². The first-order valence-electron chi connectivity index (χ1n) is 21.9. The Kier molecular flexibility index (Phi) is 14.5. The number of aliphatic hydroxyl groups excluding tert-OH is 2. The number of nitrogens with zero attached hydrogens (tertiary/aromatic N) is 3. The van der Waals surface area contributed by atoms with Crippen LogP contribution in [0.15, 0.2) is 41.2 Å². The van der Waals surface area contributed by atoms with Crippen LogP contribution in [0.5, 0.6) is 23.0 Å². The maximum Gasteiger partial charge on any atom is 0.312 e. The van der Waals surface area contributed by atoms with Crippen molar-refractivity contribution in [2.24, 2.45) is 28.8 Å². The van der Waals surface area contributed by atoms with Crippen molar-refractivity contribution in [1.82, 2.24) is 9.91 Å². The predicted molar refractivity (Wildman–Crippen MR) is 237 cm³/mol. The maximum atomic E-state index is 14.5. The number of aliphatic hydroxyl groups is 2. The maximum absolute atomic E-state index is 14.5. The van der Waals surface area contributed by atoms with Crippen LogP contribution in [0.1, 0.15) is 95.6 Å². The number of carbonyl (C=O) groups is 3. The summed E-state index contributed by atoms with van der Waals surface area (Å²) in [6, 6.07) is 0.553. The third kappa shape index (κ3) is 9.40. The summed E-state index contributed by atoms with van der Waals surface area (Å²) >= 11 is 0. The monoisotopic (exact) mass is 876 g/mol. The molecule has 8 unspecified atom stereocenters. The molecule has 16 heteroatoms. The van der Waals surface area contributed by atoms with E-state index in [2.05, 4.69) is 15.3 Å². The number of aromatic hydroxyl groups is 3. The summed E-state index contributed by atoms with van der Waals surface area (Å²) in [6.45, 7) is 15.4. The van der Waals surface area contributed by atoms with Crippen molar-refractivity contribution < 1.29 is 58.9 Å². The van der Waals surface area contributed by atoms with E-state index in [1.807, 2.05) is 5.01 Å². The van der Waals surface area contributed by atoms with Gasteiger partial charge in [0.05, 0.1) is 53.0 Å². The van der Waals surface area contributed by atoms with E-state index in [1.54, 1.807) is 39.8 Å². The number of hydrazone groups is 1. The second-order valence-electron chi connectivity index (χ2n) is 17.8. The van der Waals surface area contributed by atoms with Gasteiger partial charge in [-0.2, -0.15) is 5.10 Å². The van der Waals surface area contributed by atoms with Crippen molar-refractivity contribution >= 4 is 40.3 Å². The number of allylic oxidation sites excluding steroid dienone is 2. The van der Waals surface area contributed by atoms with Crippen LogP contribution in [0.4, 0.5) is 5.69 Å². The van der Waals surface area contributed by atoms with Crippen molar-refractivity contribution in [1.29, 1.82) is 0 Å². The highest BCUT2D eigenvalue weighted by Crippen LogP contribution is 2.55.